The van der Waals surface area contributed by atoms with Crippen LogP contribution in [0.3, 0.4) is 0 Å². The highest BCUT2D eigenvalue weighted by atomic mass is 16.2. The van der Waals surface area contributed by atoms with Crippen LogP contribution in [-0.4, -0.2) is 51.4 Å². The number of amides is 1. The summed E-state index contributed by atoms with van der Waals surface area (Å²) >= 11 is 0. The van der Waals surface area contributed by atoms with Gasteiger partial charge in [-0.2, -0.15) is 0 Å². The van der Waals surface area contributed by atoms with E-state index >= 15 is 0 Å². The van der Waals surface area contributed by atoms with Crippen LogP contribution < -0.4 is 0 Å². The molecule has 1 aromatic carbocycles. The van der Waals surface area contributed by atoms with Crippen LogP contribution in [0.5, 0.6) is 0 Å². The van der Waals surface area contributed by atoms with Crippen molar-refractivity contribution in [2.45, 2.75) is 38.3 Å². The smallest absolute Gasteiger partial charge is 0.253 e. The minimum Gasteiger partial charge on any atom is -0.337 e. The number of nitrogens with zero attached hydrogens (tertiary/aromatic N) is 4. The lowest BCUT2D eigenvalue weighted by Crippen LogP contribution is -2.40. The van der Waals surface area contributed by atoms with Crippen molar-refractivity contribution >= 4 is 5.91 Å². The largest absolute Gasteiger partial charge is 0.337 e. The fourth-order valence-electron chi connectivity index (χ4n) is 4.05. The molecule has 0 spiro atoms. The molecule has 0 aliphatic carbocycles. The second-order valence-electron chi connectivity index (χ2n) is 7.24. The first kappa shape index (κ1) is 16.3. The highest BCUT2D eigenvalue weighted by Gasteiger charge is 2.25. The molecule has 5 heteroatoms. The number of rotatable bonds is 4. The lowest BCUT2D eigenvalue weighted by atomic mass is 10.0. The monoisotopic (exact) mass is 338 g/mol. The van der Waals surface area contributed by atoms with Crippen LogP contribution in [0.25, 0.3) is 0 Å². The molecule has 1 atom stereocenters. The van der Waals surface area contributed by atoms with Gasteiger partial charge in [-0.05, 0) is 56.5 Å². The number of aromatic nitrogens is 2. The van der Waals surface area contributed by atoms with Crippen LogP contribution in [0, 0.1) is 0 Å². The number of imidazole rings is 1. The van der Waals surface area contributed by atoms with Gasteiger partial charge in [-0.25, -0.2) is 4.98 Å². The number of carbonyl (C=O) groups excluding carboxylic acids is 1. The van der Waals surface area contributed by atoms with Crippen molar-refractivity contribution in [2.75, 3.05) is 26.2 Å². The summed E-state index contributed by atoms with van der Waals surface area (Å²) < 4.78 is 2.13. The van der Waals surface area contributed by atoms with Crippen molar-refractivity contribution < 1.29 is 4.79 Å². The molecule has 2 aromatic rings. The summed E-state index contributed by atoms with van der Waals surface area (Å²) in [6.07, 6.45) is 10.4. The third-order valence-electron chi connectivity index (χ3n) is 5.41. The van der Waals surface area contributed by atoms with E-state index in [0.29, 0.717) is 6.04 Å². The van der Waals surface area contributed by atoms with Crippen LogP contribution in [0.15, 0.2) is 43.0 Å². The number of likely N-dealkylation sites (tertiary alicyclic amines) is 2. The van der Waals surface area contributed by atoms with E-state index < -0.39 is 0 Å². The quantitative estimate of drug-likeness (QED) is 0.861. The van der Waals surface area contributed by atoms with E-state index in [1.54, 1.807) is 0 Å². The number of hydrogen-bond acceptors (Lipinski definition) is 3. The molecule has 1 aromatic heterocycles. The zero-order valence-electron chi connectivity index (χ0n) is 14.7. The molecule has 132 valence electrons. The summed E-state index contributed by atoms with van der Waals surface area (Å²) in [5.74, 6) is 0.160. The molecule has 4 rings (SSSR count). The lowest BCUT2D eigenvalue weighted by Gasteiger charge is -2.33. The average molecular weight is 338 g/mol. The second kappa shape index (κ2) is 7.40. The van der Waals surface area contributed by atoms with Gasteiger partial charge in [0.15, 0.2) is 0 Å². The molecule has 0 saturated carbocycles. The minimum absolute atomic E-state index is 0.160. The van der Waals surface area contributed by atoms with Gasteiger partial charge in [0.05, 0.1) is 12.4 Å². The van der Waals surface area contributed by atoms with Gasteiger partial charge < -0.3 is 9.47 Å². The predicted octanol–water partition coefficient (Wildman–Crippen LogP) is 2.96. The number of carbonyl (C=O) groups is 1. The summed E-state index contributed by atoms with van der Waals surface area (Å²) in [5.41, 5.74) is 2.07. The number of hydrogen-bond donors (Lipinski definition) is 0. The average Bonchev–Trinajstić information content (AvgIpc) is 3.35. The molecular formula is C20H26N4O. The predicted molar refractivity (Wildman–Crippen MR) is 97.4 cm³/mol. The molecule has 0 N–H and O–H groups in total. The van der Waals surface area contributed by atoms with Gasteiger partial charge in [-0.1, -0.05) is 12.1 Å². The molecule has 3 heterocycles. The van der Waals surface area contributed by atoms with E-state index in [4.69, 9.17) is 0 Å². The Hall–Kier alpha value is -2.14. The van der Waals surface area contributed by atoms with Crippen molar-refractivity contribution in [1.82, 2.24) is 19.4 Å². The zero-order chi connectivity index (χ0) is 17.1. The summed E-state index contributed by atoms with van der Waals surface area (Å²) in [5, 5.41) is 0. The lowest BCUT2D eigenvalue weighted by molar-refractivity contribution is 0.0679. The van der Waals surface area contributed by atoms with Crippen LogP contribution in [0.1, 0.15) is 47.6 Å². The van der Waals surface area contributed by atoms with E-state index in [1.165, 1.54) is 31.5 Å². The van der Waals surface area contributed by atoms with Crippen molar-refractivity contribution in [3.05, 3.63) is 54.1 Å². The van der Waals surface area contributed by atoms with Crippen molar-refractivity contribution in [3.8, 4) is 0 Å². The first-order valence-electron chi connectivity index (χ1n) is 9.37. The Bertz CT molecular complexity index is 706. The molecule has 2 aliphatic heterocycles. The number of benzene rings is 1. The fraction of sp³-hybridized carbons (Fsp3) is 0.500. The zero-order valence-corrected chi connectivity index (χ0v) is 14.7. The molecule has 5 nitrogen and oxygen atoms in total. The van der Waals surface area contributed by atoms with Crippen LogP contribution in [0.4, 0.5) is 0 Å². The first-order valence-corrected chi connectivity index (χ1v) is 9.37. The molecule has 0 radical (unpaired) electrons. The molecule has 2 aliphatic rings. The Morgan fingerprint density at radius 3 is 2.84 bits per heavy atom. The van der Waals surface area contributed by atoms with Gasteiger partial charge in [-0.3, -0.25) is 9.69 Å². The molecule has 2 fully saturated rings. The standard InChI is InChI=1S/C20H26N4O/c25-20(23-11-4-7-19(15-23)24-12-8-21-16-24)18-6-3-5-17(13-18)14-22-9-1-2-10-22/h3,5-6,8,12-13,16,19H,1-2,4,7,9-11,14-15H2/t19-/m1/s1. The molecule has 1 amide bonds. The molecule has 2 saturated heterocycles. The first-order chi connectivity index (χ1) is 12.3. The summed E-state index contributed by atoms with van der Waals surface area (Å²) in [6, 6.07) is 8.54. The van der Waals surface area contributed by atoms with E-state index in [1.807, 2.05) is 35.8 Å². The third kappa shape index (κ3) is 3.76. The van der Waals surface area contributed by atoms with Gasteiger partial charge in [0, 0.05) is 37.6 Å². The van der Waals surface area contributed by atoms with Crippen molar-refractivity contribution in [3.63, 3.8) is 0 Å². The van der Waals surface area contributed by atoms with E-state index in [9.17, 15) is 4.79 Å². The van der Waals surface area contributed by atoms with E-state index in [2.05, 4.69) is 26.6 Å². The molecule has 0 unspecified atom stereocenters. The molecule has 0 bridgehead atoms. The van der Waals surface area contributed by atoms with Crippen molar-refractivity contribution in [2.24, 2.45) is 0 Å². The van der Waals surface area contributed by atoms with Gasteiger partial charge in [0.25, 0.3) is 5.91 Å². The highest BCUT2D eigenvalue weighted by molar-refractivity contribution is 5.94. The fourth-order valence-corrected chi connectivity index (χ4v) is 4.05. The normalized spacial score (nSPS) is 21.6. The third-order valence-corrected chi connectivity index (χ3v) is 5.41. The van der Waals surface area contributed by atoms with Gasteiger partial charge in [0.1, 0.15) is 0 Å². The maximum atomic E-state index is 13.0. The van der Waals surface area contributed by atoms with Crippen LogP contribution in [-0.2, 0) is 6.54 Å². The van der Waals surface area contributed by atoms with Crippen LogP contribution >= 0.6 is 0 Å². The SMILES string of the molecule is O=C(c1cccc(CN2CCCC2)c1)N1CCC[C@@H](n2ccnc2)C1. The Labute approximate surface area is 149 Å². The molecule has 25 heavy (non-hydrogen) atoms. The van der Waals surface area contributed by atoms with E-state index in [-0.39, 0.29) is 5.91 Å². The maximum Gasteiger partial charge on any atom is 0.253 e. The topological polar surface area (TPSA) is 41.4 Å². The van der Waals surface area contributed by atoms with Crippen molar-refractivity contribution in [1.29, 1.82) is 0 Å². The Balaban J connectivity index is 1.44. The highest BCUT2D eigenvalue weighted by Crippen LogP contribution is 2.23. The minimum atomic E-state index is 0.160. The maximum absolute atomic E-state index is 13.0. The summed E-state index contributed by atoms with van der Waals surface area (Å²) in [4.78, 5) is 21.6. The molecular weight excluding hydrogens is 312 g/mol. The van der Waals surface area contributed by atoms with Gasteiger partial charge >= 0.3 is 0 Å². The Kier molecular flexibility index (Phi) is 4.83. The van der Waals surface area contributed by atoms with Gasteiger partial charge in [0.2, 0.25) is 0 Å². The Morgan fingerprint density at radius 2 is 2.04 bits per heavy atom. The van der Waals surface area contributed by atoms with E-state index in [0.717, 1.165) is 38.0 Å². The van der Waals surface area contributed by atoms with Gasteiger partial charge in [-0.15, -0.1) is 0 Å². The second-order valence-corrected chi connectivity index (χ2v) is 7.24. The van der Waals surface area contributed by atoms with Crippen LogP contribution in [0.2, 0.25) is 0 Å². The number of piperidine rings is 1. The summed E-state index contributed by atoms with van der Waals surface area (Å²) in [6.45, 7) is 4.93. The Morgan fingerprint density at radius 1 is 1.16 bits per heavy atom. The summed E-state index contributed by atoms with van der Waals surface area (Å²) in [7, 11) is 0.